The van der Waals surface area contributed by atoms with Crippen molar-refractivity contribution in [2.45, 2.75) is 13.5 Å². The quantitative estimate of drug-likeness (QED) is 0.554. The predicted molar refractivity (Wildman–Crippen MR) is 70.3 cm³/mol. The van der Waals surface area contributed by atoms with Crippen molar-refractivity contribution in [3.05, 3.63) is 42.0 Å². The normalized spacial score (nSPS) is 10.9. The zero-order valence-corrected chi connectivity index (χ0v) is 10.6. The monoisotopic (exact) mass is 235 g/mol. The Balaban J connectivity index is 2.30. The first-order chi connectivity index (χ1) is 8.38. The first-order valence-electron chi connectivity index (χ1n) is 5.92. The van der Waals surface area contributed by atoms with Crippen LogP contribution in [0.25, 0.3) is 0 Å². The second-order valence-electron chi connectivity index (χ2n) is 3.63. The average Bonchev–Trinajstić information content (AvgIpc) is 2.36. The van der Waals surface area contributed by atoms with E-state index in [1.54, 1.807) is 0 Å². The minimum Gasteiger partial charge on any atom is -0.491 e. The third kappa shape index (κ3) is 5.52. The van der Waals surface area contributed by atoms with Crippen molar-refractivity contribution >= 4 is 0 Å². The standard InChI is InChI=1S/C14H21NO2/c1-3-4-9-16-10-11-17-14-8-6-5-7-13(14)12-15-2/h3-8,15H,9-12H2,1-2H3. The fourth-order valence-electron chi connectivity index (χ4n) is 1.44. The molecule has 1 aromatic carbocycles. The lowest BCUT2D eigenvalue weighted by Crippen LogP contribution is -2.10. The number of benzene rings is 1. The van der Waals surface area contributed by atoms with E-state index in [4.69, 9.17) is 9.47 Å². The molecule has 0 saturated carbocycles. The Labute approximate surface area is 103 Å². The van der Waals surface area contributed by atoms with E-state index in [1.807, 2.05) is 44.3 Å². The third-order valence-electron chi connectivity index (χ3n) is 2.27. The fourth-order valence-corrected chi connectivity index (χ4v) is 1.44. The lowest BCUT2D eigenvalue weighted by atomic mass is 10.2. The molecule has 3 nitrogen and oxygen atoms in total. The highest BCUT2D eigenvalue weighted by Crippen LogP contribution is 2.17. The van der Waals surface area contributed by atoms with E-state index in [0.717, 1.165) is 12.3 Å². The van der Waals surface area contributed by atoms with Crippen LogP contribution in [0.3, 0.4) is 0 Å². The summed E-state index contributed by atoms with van der Waals surface area (Å²) in [6.07, 6.45) is 3.96. The average molecular weight is 235 g/mol. The van der Waals surface area contributed by atoms with Crippen molar-refractivity contribution in [3.63, 3.8) is 0 Å². The molecule has 0 radical (unpaired) electrons. The maximum absolute atomic E-state index is 5.68. The van der Waals surface area contributed by atoms with E-state index < -0.39 is 0 Å². The van der Waals surface area contributed by atoms with Gasteiger partial charge in [0, 0.05) is 12.1 Å². The van der Waals surface area contributed by atoms with Gasteiger partial charge in [-0.05, 0) is 20.0 Å². The smallest absolute Gasteiger partial charge is 0.123 e. The number of nitrogens with one attached hydrogen (secondary N) is 1. The van der Waals surface area contributed by atoms with Crippen molar-refractivity contribution in [3.8, 4) is 5.75 Å². The van der Waals surface area contributed by atoms with Crippen LogP contribution in [-0.4, -0.2) is 26.9 Å². The largest absolute Gasteiger partial charge is 0.491 e. The molecule has 0 aliphatic carbocycles. The molecule has 0 saturated heterocycles. The number of para-hydroxylation sites is 1. The Morgan fingerprint density at radius 3 is 2.82 bits per heavy atom. The minimum absolute atomic E-state index is 0.582. The first kappa shape index (κ1) is 13.7. The Morgan fingerprint density at radius 2 is 2.06 bits per heavy atom. The van der Waals surface area contributed by atoms with Gasteiger partial charge in [-0.1, -0.05) is 30.4 Å². The summed E-state index contributed by atoms with van der Waals surface area (Å²) in [5.74, 6) is 0.927. The minimum atomic E-state index is 0.582. The Morgan fingerprint density at radius 1 is 1.24 bits per heavy atom. The summed E-state index contributed by atoms with van der Waals surface area (Å²) in [6.45, 7) is 4.64. The molecule has 17 heavy (non-hydrogen) atoms. The van der Waals surface area contributed by atoms with E-state index in [-0.39, 0.29) is 0 Å². The summed E-state index contributed by atoms with van der Waals surface area (Å²) in [5, 5.41) is 3.12. The van der Waals surface area contributed by atoms with Gasteiger partial charge >= 0.3 is 0 Å². The summed E-state index contributed by atoms with van der Waals surface area (Å²) in [6, 6.07) is 8.04. The van der Waals surface area contributed by atoms with Gasteiger partial charge in [0.05, 0.1) is 13.2 Å². The molecule has 1 N–H and O–H groups in total. The van der Waals surface area contributed by atoms with Gasteiger partial charge < -0.3 is 14.8 Å². The molecule has 1 rings (SSSR count). The van der Waals surface area contributed by atoms with Crippen LogP contribution in [0, 0.1) is 0 Å². The van der Waals surface area contributed by atoms with Crippen molar-refractivity contribution in [2.75, 3.05) is 26.9 Å². The highest BCUT2D eigenvalue weighted by atomic mass is 16.5. The van der Waals surface area contributed by atoms with E-state index >= 15 is 0 Å². The molecule has 0 aromatic heterocycles. The fraction of sp³-hybridized carbons (Fsp3) is 0.429. The highest BCUT2D eigenvalue weighted by Gasteiger charge is 2.00. The first-order valence-corrected chi connectivity index (χ1v) is 5.92. The molecule has 3 heteroatoms. The molecule has 0 atom stereocenters. The predicted octanol–water partition coefficient (Wildman–Crippen LogP) is 2.38. The van der Waals surface area contributed by atoms with Crippen LogP contribution in [0.1, 0.15) is 12.5 Å². The van der Waals surface area contributed by atoms with Gasteiger partial charge in [-0.25, -0.2) is 0 Å². The molecule has 0 aliphatic rings. The molecule has 0 fully saturated rings. The van der Waals surface area contributed by atoms with Gasteiger partial charge in [-0.3, -0.25) is 0 Å². The van der Waals surface area contributed by atoms with Gasteiger partial charge in [0.25, 0.3) is 0 Å². The molecular formula is C14H21NO2. The Kier molecular flexibility index (Phi) is 7.11. The molecule has 0 bridgehead atoms. The molecule has 0 amide bonds. The van der Waals surface area contributed by atoms with E-state index in [0.29, 0.717) is 19.8 Å². The SMILES string of the molecule is CC=CCOCCOc1ccccc1CNC. The lowest BCUT2D eigenvalue weighted by molar-refractivity contribution is 0.120. The van der Waals surface area contributed by atoms with Crippen LogP contribution >= 0.6 is 0 Å². The van der Waals surface area contributed by atoms with Gasteiger partial charge in [-0.15, -0.1) is 0 Å². The number of rotatable bonds is 8. The van der Waals surface area contributed by atoms with Crippen LogP contribution in [0.4, 0.5) is 0 Å². The topological polar surface area (TPSA) is 30.5 Å². The second-order valence-corrected chi connectivity index (χ2v) is 3.63. The lowest BCUT2D eigenvalue weighted by Gasteiger charge is -2.10. The number of ether oxygens (including phenoxy) is 2. The summed E-state index contributed by atoms with van der Waals surface area (Å²) in [7, 11) is 1.93. The summed E-state index contributed by atoms with van der Waals surface area (Å²) >= 11 is 0. The summed E-state index contributed by atoms with van der Waals surface area (Å²) < 4.78 is 11.0. The second kappa shape index (κ2) is 8.79. The van der Waals surface area contributed by atoms with E-state index in [9.17, 15) is 0 Å². The Bertz CT molecular complexity index is 337. The molecule has 0 spiro atoms. The van der Waals surface area contributed by atoms with Crippen LogP contribution in [0.2, 0.25) is 0 Å². The van der Waals surface area contributed by atoms with Gasteiger partial charge in [0.1, 0.15) is 12.4 Å². The van der Waals surface area contributed by atoms with Crippen LogP contribution < -0.4 is 10.1 Å². The van der Waals surface area contributed by atoms with Crippen molar-refractivity contribution in [1.29, 1.82) is 0 Å². The molecule has 1 aromatic rings. The zero-order chi connectivity index (χ0) is 12.3. The highest BCUT2D eigenvalue weighted by molar-refractivity contribution is 5.33. The molecule has 0 unspecified atom stereocenters. The molecule has 0 heterocycles. The third-order valence-corrected chi connectivity index (χ3v) is 2.27. The van der Waals surface area contributed by atoms with Crippen LogP contribution in [0.5, 0.6) is 5.75 Å². The van der Waals surface area contributed by atoms with Crippen LogP contribution in [-0.2, 0) is 11.3 Å². The number of hydrogen-bond acceptors (Lipinski definition) is 3. The van der Waals surface area contributed by atoms with Crippen molar-refractivity contribution < 1.29 is 9.47 Å². The summed E-state index contributed by atoms with van der Waals surface area (Å²) in [5.41, 5.74) is 1.17. The number of hydrogen-bond donors (Lipinski definition) is 1. The maximum atomic E-state index is 5.68. The van der Waals surface area contributed by atoms with E-state index in [1.165, 1.54) is 5.56 Å². The molecular weight excluding hydrogens is 214 g/mol. The zero-order valence-electron chi connectivity index (χ0n) is 10.6. The molecule has 94 valence electrons. The van der Waals surface area contributed by atoms with Crippen LogP contribution in [0.15, 0.2) is 36.4 Å². The van der Waals surface area contributed by atoms with Gasteiger partial charge in [-0.2, -0.15) is 0 Å². The Hall–Kier alpha value is -1.32. The van der Waals surface area contributed by atoms with Crippen molar-refractivity contribution in [2.24, 2.45) is 0 Å². The van der Waals surface area contributed by atoms with Gasteiger partial charge in [0.15, 0.2) is 0 Å². The summed E-state index contributed by atoms with van der Waals surface area (Å²) in [4.78, 5) is 0. The van der Waals surface area contributed by atoms with Crippen molar-refractivity contribution in [1.82, 2.24) is 5.32 Å². The van der Waals surface area contributed by atoms with E-state index in [2.05, 4.69) is 11.4 Å². The number of allylic oxidation sites excluding steroid dienone is 1. The van der Waals surface area contributed by atoms with Gasteiger partial charge in [0.2, 0.25) is 0 Å². The maximum Gasteiger partial charge on any atom is 0.123 e. The molecule has 0 aliphatic heterocycles.